The Morgan fingerprint density at radius 1 is 1.43 bits per heavy atom. The van der Waals surface area contributed by atoms with Crippen LogP contribution in [0.4, 0.5) is 4.39 Å². The minimum Gasteiger partial charge on any atom is -0.391 e. The van der Waals surface area contributed by atoms with Gasteiger partial charge in [0.2, 0.25) is 0 Å². The van der Waals surface area contributed by atoms with Crippen LogP contribution in [-0.2, 0) is 20.4 Å². The third kappa shape index (κ3) is 3.93. The molecular weight excluding hydrogens is 342 g/mol. The van der Waals surface area contributed by atoms with E-state index in [1.165, 1.54) is 0 Å². The van der Waals surface area contributed by atoms with Crippen molar-refractivity contribution in [3.05, 3.63) is 32.6 Å². The summed E-state index contributed by atoms with van der Waals surface area (Å²) >= 11 is 0. The lowest BCUT2D eigenvalue weighted by Gasteiger charge is -2.16. The number of phosphoric acid groups is 1. The summed E-state index contributed by atoms with van der Waals surface area (Å²) in [4.78, 5) is 42.1. The monoisotopic (exact) mass is 356 g/mol. The Kier molecular flexibility index (Phi) is 5.16. The first-order valence-corrected chi connectivity index (χ1v) is 7.80. The largest absolute Gasteiger partial charge is 0.469 e. The summed E-state index contributed by atoms with van der Waals surface area (Å²) < 4.78 is 34.6. The summed E-state index contributed by atoms with van der Waals surface area (Å²) in [6.45, 7) is -1.53. The molecule has 1 saturated heterocycles. The van der Waals surface area contributed by atoms with Crippen LogP contribution in [0.15, 0.2) is 15.8 Å². The number of nitrogens with zero attached hydrogens (tertiary/aromatic N) is 1. The summed E-state index contributed by atoms with van der Waals surface area (Å²) in [7, 11) is -4.85. The first-order chi connectivity index (χ1) is 10.6. The molecule has 0 spiro atoms. The summed E-state index contributed by atoms with van der Waals surface area (Å²) in [5, 5.41) is 18.7. The van der Waals surface area contributed by atoms with E-state index in [4.69, 9.17) is 19.6 Å². The fourth-order valence-corrected chi connectivity index (χ4v) is 2.41. The van der Waals surface area contributed by atoms with Crippen molar-refractivity contribution < 1.29 is 38.2 Å². The van der Waals surface area contributed by atoms with Crippen LogP contribution < -0.4 is 11.2 Å². The van der Waals surface area contributed by atoms with Gasteiger partial charge in [0.25, 0.3) is 5.56 Å². The first-order valence-electron chi connectivity index (χ1n) is 6.27. The zero-order chi connectivity index (χ0) is 17.4. The number of aliphatic hydroxyl groups is 2. The lowest BCUT2D eigenvalue weighted by atomic mass is 10.1. The van der Waals surface area contributed by atoms with Crippen LogP contribution in [0, 0.1) is 0 Å². The molecule has 2 heterocycles. The molecule has 0 aliphatic carbocycles. The average Bonchev–Trinajstić information content (AvgIpc) is 2.73. The predicted octanol–water partition coefficient (Wildman–Crippen LogP) is -2.27. The Morgan fingerprint density at radius 2 is 2.09 bits per heavy atom. The number of aliphatic hydroxyl groups excluding tert-OH is 2. The molecule has 5 N–H and O–H groups in total. The van der Waals surface area contributed by atoms with Gasteiger partial charge in [0, 0.05) is 6.20 Å². The van der Waals surface area contributed by atoms with Gasteiger partial charge in [-0.25, -0.2) is 13.8 Å². The fraction of sp³-hybridized carbons (Fsp3) is 0.600. The first kappa shape index (κ1) is 17.9. The lowest BCUT2D eigenvalue weighted by Crippen LogP contribution is -2.37. The Bertz CT molecular complexity index is 728. The smallest absolute Gasteiger partial charge is 0.391 e. The summed E-state index contributed by atoms with van der Waals surface area (Å²) in [6.07, 6.45) is -6.18. The van der Waals surface area contributed by atoms with E-state index in [-0.39, 0.29) is 5.56 Å². The molecule has 1 aromatic heterocycles. The number of H-pyrrole nitrogens is 1. The Labute approximate surface area is 127 Å². The van der Waals surface area contributed by atoms with E-state index in [0.717, 1.165) is 6.20 Å². The second-order valence-electron chi connectivity index (χ2n) is 4.77. The molecule has 0 amide bonds. The zero-order valence-corrected chi connectivity index (χ0v) is 12.3. The maximum atomic E-state index is 14.1. The number of hydrogen-bond donors (Lipinski definition) is 5. The molecule has 1 aliphatic rings. The second kappa shape index (κ2) is 6.61. The molecule has 11 nitrogen and oxygen atoms in total. The van der Waals surface area contributed by atoms with Crippen molar-refractivity contribution in [2.24, 2.45) is 0 Å². The lowest BCUT2D eigenvalue weighted by molar-refractivity contribution is -0.0485. The van der Waals surface area contributed by atoms with Crippen molar-refractivity contribution >= 4 is 7.82 Å². The molecule has 130 valence electrons. The Morgan fingerprint density at radius 3 is 2.65 bits per heavy atom. The van der Waals surface area contributed by atoms with Gasteiger partial charge in [0.05, 0.1) is 18.8 Å². The van der Waals surface area contributed by atoms with Crippen molar-refractivity contribution in [1.82, 2.24) is 9.55 Å². The maximum absolute atomic E-state index is 14.1. The van der Waals surface area contributed by atoms with Crippen molar-refractivity contribution in [3.63, 3.8) is 0 Å². The van der Waals surface area contributed by atoms with Crippen molar-refractivity contribution in [2.75, 3.05) is 6.61 Å². The number of alkyl halides is 1. The van der Waals surface area contributed by atoms with Gasteiger partial charge < -0.3 is 24.7 Å². The summed E-state index contributed by atoms with van der Waals surface area (Å²) in [5.41, 5.74) is -2.13. The molecule has 4 atom stereocenters. The number of nitrogens with one attached hydrogen (secondary N) is 1. The highest BCUT2D eigenvalue weighted by molar-refractivity contribution is 7.46. The van der Waals surface area contributed by atoms with Gasteiger partial charge in [-0.15, -0.1) is 0 Å². The normalized spacial score (nSPS) is 28.2. The molecule has 0 unspecified atom stereocenters. The SMILES string of the molecule is O=c1[nH]c(=O)n([C@@H]2O[C@H](COP(=O)(O)O)[C@@H](O)[C@@H]2F)cc1CO. The minimum atomic E-state index is -4.85. The summed E-state index contributed by atoms with van der Waals surface area (Å²) in [5.74, 6) is 0. The number of aromatic nitrogens is 2. The second-order valence-corrected chi connectivity index (χ2v) is 6.00. The van der Waals surface area contributed by atoms with Gasteiger partial charge in [-0.3, -0.25) is 18.9 Å². The van der Waals surface area contributed by atoms with Crippen LogP contribution in [0.25, 0.3) is 0 Å². The average molecular weight is 356 g/mol. The number of aromatic amines is 1. The number of phosphoric ester groups is 1. The fourth-order valence-electron chi connectivity index (χ4n) is 2.06. The maximum Gasteiger partial charge on any atom is 0.469 e. The van der Waals surface area contributed by atoms with Crippen molar-refractivity contribution in [3.8, 4) is 0 Å². The third-order valence-corrected chi connectivity index (χ3v) is 3.67. The van der Waals surface area contributed by atoms with E-state index < -0.39 is 56.9 Å². The van der Waals surface area contributed by atoms with E-state index in [1.807, 2.05) is 4.98 Å². The number of rotatable bonds is 5. The van der Waals surface area contributed by atoms with E-state index in [2.05, 4.69) is 4.52 Å². The highest BCUT2D eigenvalue weighted by Crippen LogP contribution is 2.38. The molecule has 0 aromatic carbocycles. The molecule has 23 heavy (non-hydrogen) atoms. The molecule has 0 radical (unpaired) electrons. The summed E-state index contributed by atoms with van der Waals surface area (Å²) in [6, 6.07) is 0. The van der Waals surface area contributed by atoms with E-state index in [9.17, 15) is 23.7 Å². The molecule has 2 rings (SSSR count). The van der Waals surface area contributed by atoms with Gasteiger partial charge in [-0.1, -0.05) is 0 Å². The molecule has 1 aliphatic heterocycles. The van der Waals surface area contributed by atoms with Crippen LogP contribution in [0.1, 0.15) is 11.8 Å². The van der Waals surface area contributed by atoms with Crippen LogP contribution >= 0.6 is 7.82 Å². The van der Waals surface area contributed by atoms with E-state index in [1.54, 1.807) is 0 Å². The van der Waals surface area contributed by atoms with E-state index >= 15 is 0 Å². The molecular formula is C10H14FN2O9P. The van der Waals surface area contributed by atoms with Crippen LogP contribution in [0.5, 0.6) is 0 Å². The Balaban J connectivity index is 2.26. The molecule has 1 aromatic rings. The van der Waals surface area contributed by atoms with Crippen molar-refractivity contribution in [1.29, 1.82) is 0 Å². The van der Waals surface area contributed by atoms with Crippen LogP contribution in [-0.4, -0.2) is 54.5 Å². The predicted molar refractivity (Wildman–Crippen MR) is 70.1 cm³/mol. The quantitative estimate of drug-likeness (QED) is 0.365. The molecule has 1 fully saturated rings. The standard InChI is InChI=1S/C10H14FN2O9P/c11-6-7(15)5(3-21-23(18,19)20)22-9(6)13-1-4(2-14)8(16)12-10(13)17/h1,5-7,9,14-15H,2-3H2,(H,12,16,17)(H2,18,19,20)/t5-,6+,7-,9-/m1/s1. The van der Waals surface area contributed by atoms with Gasteiger partial charge in [0.15, 0.2) is 12.4 Å². The highest BCUT2D eigenvalue weighted by atomic mass is 31.2. The topological polar surface area (TPSA) is 171 Å². The zero-order valence-electron chi connectivity index (χ0n) is 11.4. The molecule has 0 bridgehead atoms. The highest BCUT2D eigenvalue weighted by Gasteiger charge is 2.46. The van der Waals surface area contributed by atoms with Gasteiger partial charge in [-0.2, -0.15) is 0 Å². The number of halogens is 1. The van der Waals surface area contributed by atoms with Gasteiger partial charge >= 0.3 is 13.5 Å². The van der Waals surface area contributed by atoms with Crippen LogP contribution in [0.3, 0.4) is 0 Å². The molecule has 13 heteroatoms. The Hall–Kier alpha value is -1.40. The van der Waals surface area contributed by atoms with Gasteiger partial charge in [-0.05, 0) is 0 Å². The molecule has 0 saturated carbocycles. The third-order valence-electron chi connectivity index (χ3n) is 3.19. The van der Waals surface area contributed by atoms with Crippen LogP contribution in [0.2, 0.25) is 0 Å². The number of hydrogen-bond acceptors (Lipinski definition) is 7. The number of ether oxygens (including phenoxy) is 1. The van der Waals surface area contributed by atoms with Gasteiger partial charge in [0.1, 0.15) is 12.2 Å². The minimum absolute atomic E-state index is 0.232. The van der Waals surface area contributed by atoms with Crippen molar-refractivity contribution in [2.45, 2.75) is 31.2 Å². The van der Waals surface area contributed by atoms with E-state index in [0.29, 0.717) is 4.57 Å².